The minimum absolute atomic E-state index is 0.00464. The predicted molar refractivity (Wildman–Crippen MR) is 97.0 cm³/mol. The number of nitrogens with one attached hydrogen (secondary N) is 2. The number of benzene rings is 1. The van der Waals surface area contributed by atoms with E-state index in [0.717, 1.165) is 0 Å². The quantitative estimate of drug-likeness (QED) is 0.753. The molecule has 2 heterocycles. The topological polar surface area (TPSA) is 93.2 Å². The van der Waals surface area contributed by atoms with Gasteiger partial charge in [-0.2, -0.15) is 0 Å². The fourth-order valence-corrected chi connectivity index (χ4v) is 3.28. The van der Waals surface area contributed by atoms with Crippen LogP contribution in [0.25, 0.3) is 0 Å². The average Bonchev–Trinajstić information content (AvgIpc) is 3.19. The molecule has 3 rings (SSSR count). The minimum atomic E-state index is -0.383. The largest absolute Gasteiger partial charge is 0.490 e. The Morgan fingerprint density at radius 2 is 2.12 bits per heavy atom. The predicted octanol–water partition coefficient (Wildman–Crippen LogP) is 2.05. The van der Waals surface area contributed by atoms with Crippen molar-refractivity contribution in [1.82, 2.24) is 15.1 Å². The lowest BCUT2D eigenvalue weighted by Gasteiger charge is -2.16. The van der Waals surface area contributed by atoms with E-state index in [4.69, 9.17) is 16.3 Å². The smallest absolute Gasteiger partial charge is 0.277 e. The van der Waals surface area contributed by atoms with Crippen LogP contribution in [-0.4, -0.2) is 34.1 Å². The number of carbonyl (C=O) groups is 2. The van der Waals surface area contributed by atoms with E-state index >= 15 is 0 Å². The SMILES string of the molecule is CCn1[nH]cc(C(=O)c2ccc(Cl)c(OC[C@H]3CCC(=O)N3)c2C)c1=O. The van der Waals surface area contributed by atoms with E-state index in [1.54, 1.807) is 19.1 Å². The molecule has 1 aromatic carbocycles. The number of aryl methyl sites for hydroxylation is 1. The lowest BCUT2D eigenvalue weighted by Crippen LogP contribution is -2.31. The Morgan fingerprint density at radius 1 is 1.35 bits per heavy atom. The number of carbonyl (C=O) groups excluding carboxylic acids is 2. The third-order valence-electron chi connectivity index (χ3n) is 4.52. The van der Waals surface area contributed by atoms with Crippen LogP contribution in [0, 0.1) is 6.92 Å². The summed E-state index contributed by atoms with van der Waals surface area (Å²) in [5.41, 5.74) is 0.643. The molecule has 1 atom stereocenters. The first-order chi connectivity index (χ1) is 12.4. The molecule has 7 nitrogen and oxygen atoms in total. The van der Waals surface area contributed by atoms with Gasteiger partial charge in [0.2, 0.25) is 11.7 Å². The normalized spacial score (nSPS) is 16.6. The number of hydrogen-bond donors (Lipinski definition) is 2. The van der Waals surface area contributed by atoms with Gasteiger partial charge in [0.15, 0.2) is 0 Å². The van der Waals surface area contributed by atoms with Crippen molar-refractivity contribution in [1.29, 1.82) is 0 Å². The number of nitrogens with zero attached hydrogens (tertiary/aromatic N) is 1. The van der Waals surface area contributed by atoms with Crippen molar-refractivity contribution in [3.8, 4) is 5.75 Å². The molecule has 8 heteroatoms. The Bertz CT molecular complexity index is 916. The number of amides is 1. The molecule has 0 saturated carbocycles. The lowest BCUT2D eigenvalue weighted by molar-refractivity contribution is -0.119. The monoisotopic (exact) mass is 377 g/mol. The van der Waals surface area contributed by atoms with Crippen LogP contribution in [0.15, 0.2) is 23.1 Å². The summed E-state index contributed by atoms with van der Waals surface area (Å²) in [7, 11) is 0. The van der Waals surface area contributed by atoms with Gasteiger partial charge in [0.1, 0.15) is 17.9 Å². The standard InChI is InChI=1S/C18H20ClN3O4/c1-3-22-18(25)13(8-20-22)16(24)12-5-6-14(19)17(10(12)2)26-9-11-4-7-15(23)21-11/h5-6,8,11,20H,3-4,7,9H2,1-2H3,(H,21,23)/t11-/m1/s1. The molecule has 0 spiro atoms. The van der Waals surface area contributed by atoms with Crippen molar-refractivity contribution >= 4 is 23.3 Å². The summed E-state index contributed by atoms with van der Waals surface area (Å²) in [6.07, 6.45) is 2.60. The average molecular weight is 378 g/mol. The molecular formula is C18H20ClN3O4. The number of H-pyrrole nitrogens is 1. The second kappa shape index (κ2) is 7.37. The summed E-state index contributed by atoms with van der Waals surface area (Å²) < 4.78 is 7.15. The zero-order chi connectivity index (χ0) is 18.8. The van der Waals surface area contributed by atoms with Crippen molar-refractivity contribution < 1.29 is 14.3 Å². The van der Waals surface area contributed by atoms with Crippen molar-refractivity contribution in [3.63, 3.8) is 0 Å². The van der Waals surface area contributed by atoms with E-state index in [1.165, 1.54) is 10.9 Å². The molecule has 2 aromatic rings. The number of rotatable bonds is 6. The van der Waals surface area contributed by atoms with E-state index in [9.17, 15) is 14.4 Å². The summed E-state index contributed by atoms with van der Waals surface area (Å²) in [6.45, 7) is 4.27. The first kappa shape index (κ1) is 18.3. The molecule has 138 valence electrons. The number of ether oxygens (including phenoxy) is 1. The van der Waals surface area contributed by atoms with Crippen molar-refractivity contribution in [2.24, 2.45) is 0 Å². The number of hydrogen-bond acceptors (Lipinski definition) is 4. The summed E-state index contributed by atoms with van der Waals surface area (Å²) in [6, 6.07) is 3.10. The van der Waals surface area contributed by atoms with Crippen LogP contribution in [0.5, 0.6) is 5.75 Å². The fraction of sp³-hybridized carbons (Fsp3) is 0.389. The first-order valence-corrected chi connectivity index (χ1v) is 8.84. The van der Waals surface area contributed by atoms with E-state index in [2.05, 4.69) is 10.4 Å². The third-order valence-corrected chi connectivity index (χ3v) is 4.82. The number of halogens is 1. The second-order valence-electron chi connectivity index (χ2n) is 6.23. The molecule has 1 amide bonds. The molecule has 0 aliphatic carbocycles. The summed E-state index contributed by atoms with van der Waals surface area (Å²) in [4.78, 5) is 36.3. The molecule has 1 aliphatic rings. The zero-order valence-electron chi connectivity index (χ0n) is 14.6. The van der Waals surface area contributed by atoms with Gasteiger partial charge in [-0.05, 0) is 32.4 Å². The molecule has 1 aliphatic heterocycles. The van der Waals surface area contributed by atoms with E-state index in [1.807, 2.05) is 6.92 Å². The maximum atomic E-state index is 12.8. The van der Waals surface area contributed by atoms with Gasteiger partial charge < -0.3 is 15.2 Å². The molecule has 1 fully saturated rings. The highest BCUT2D eigenvalue weighted by atomic mass is 35.5. The van der Waals surface area contributed by atoms with Gasteiger partial charge in [0.25, 0.3) is 5.56 Å². The van der Waals surface area contributed by atoms with Crippen molar-refractivity contribution in [2.75, 3.05) is 6.61 Å². The maximum Gasteiger partial charge on any atom is 0.277 e. The molecule has 0 unspecified atom stereocenters. The highest BCUT2D eigenvalue weighted by Gasteiger charge is 2.24. The number of ketones is 1. The first-order valence-electron chi connectivity index (χ1n) is 8.46. The van der Waals surface area contributed by atoms with Gasteiger partial charge in [-0.3, -0.25) is 19.1 Å². The highest BCUT2D eigenvalue weighted by molar-refractivity contribution is 6.32. The summed E-state index contributed by atoms with van der Waals surface area (Å²) in [5, 5.41) is 5.97. The van der Waals surface area contributed by atoms with E-state index in [-0.39, 0.29) is 35.5 Å². The summed E-state index contributed by atoms with van der Waals surface area (Å²) >= 11 is 6.23. The van der Waals surface area contributed by atoms with Gasteiger partial charge in [0, 0.05) is 30.3 Å². The molecule has 1 aromatic heterocycles. The van der Waals surface area contributed by atoms with Crippen LogP contribution < -0.4 is 15.6 Å². The van der Waals surface area contributed by atoms with E-state index < -0.39 is 0 Å². The van der Waals surface area contributed by atoms with Crippen molar-refractivity contribution in [2.45, 2.75) is 39.3 Å². The minimum Gasteiger partial charge on any atom is -0.490 e. The van der Waals surface area contributed by atoms with Crippen LogP contribution >= 0.6 is 11.6 Å². The second-order valence-corrected chi connectivity index (χ2v) is 6.64. The number of aromatic amines is 1. The van der Waals surface area contributed by atoms with Gasteiger partial charge >= 0.3 is 0 Å². The van der Waals surface area contributed by atoms with Gasteiger partial charge in [0.05, 0.1) is 11.1 Å². The lowest BCUT2D eigenvalue weighted by atomic mass is 10.0. The van der Waals surface area contributed by atoms with Crippen LogP contribution in [-0.2, 0) is 11.3 Å². The Morgan fingerprint density at radius 3 is 2.73 bits per heavy atom. The van der Waals surface area contributed by atoms with Crippen molar-refractivity contribution in [3.05, 3.63) is 50.4 Å². The fourth-order valence-electron chi connectivity index (χ4n) is 3.02. The molecule has 0 bridgehead atoms. The van der Waals surface area contributed by atoms with Crippen LogP contribution in [0.1, 0.15) is 41.3 Å². The highest BCUT2D eigenvalue weighted by Crippen LogP contribution is 2.32. The Balaban J connectivity index is 1.86. The Kier molecular flexibility index (Phi) is 5.18. The third kappa shape index (κ3) is 3.39. The molecule has 1 saturated heterocycles. The molecule has 2 N–H and O–H groups in total. The maximum absolute atomic E-state index is 12.8. The van der Waals surface area contributed by atoms with Crippen LogP contribution in [0.4, 0.5) is 0 Å². The number of aromatic nitrogens is 2. The van der Waals surface area contributed by atoms with E-state index in [0.29, 0.717) is 41.3 Å². The summed E-state index contributed by atoms with van der Waals surface area (Å²) in [5.74, 6) is 0.0154. The van der Waals surface area contributed by atoms with Gasteiger partial charge in [-0.25, -0.2) is 0 Å². The van der Waals surface area contributed by atoms with Crippen LogP contribution in [0.2, 0.25) is 5.02 Å². The zero-order valence-corrected chi connectivity index (χ0v) is 15.4. The Labute approximate surface area is 155 Å². The molecule has 26 heavy (non-hydrogen) atoms. The Hall–Kier alpha value is -2.54. The van der Waals surface area contributed by atoms with Crippen LogP contribution in [0.3, 0.4) is 0 Å². The molecule has 0 radical (unpaired) electrons. The van der Waals surface area contributed by atoms with Gasteiger partial charge in [-0.1, -0.05) is 11.6 Å². The van der Waals surface area contributed by atoms with Gasteiger partial charge in [-0.15, -0.1) is 0 Å². The molecular weight excluding hydrogens is 358 g/mol.